The van der Waals surface area contributed by atoms with Gasteiger partial charge in [0.1, 0.15) is 0 Å². The summed E-state index contributed by atoms with van der Waals surface area (Å²) in [5.74, 6) is 1.34. The first-order valence-corrected chi connectivity index (χ1v) is 9.53. The molecule has 4 heteroatoms. The normalized spacial score (nSPS) is 15.4. The topological polar surface area (TPSA) is 40.6 Å². The van der Waals surface area contributed by atoms with Crippen molar-refractivity contribution in [2.24, 2.45) is 11.8 Å². The van der Waals surface area contributed by atoms with E-state index in [1.165, 1.54) is 5.56 Å². The monoisotopic (exact) mass is 344 g/mol. The number of likely N-dealkylation sites (tertiary alicyclic amines) is 1. The van der Waals surface area contributed by atoms with E-state index in [0.29, 0.717) is 24.8 Å². The molecule has 0 saturated carbocycles. The molecule has 138 valence electrons. The molecule has 0 bridgehead atoms. The molecule has 25 heavy (non-hydrogen) atoms. The van der Waals surface area contributed by atoms with E-state index >= 15 is 0 Å². The predicted molar refractivity (Wildman–Crippen MR) is 101 cm³/mol. The van der Waals surface area contributed by atoms with Gasteiger partial charge in [-0.1, -0.05) is 44.2 Å². The average molecular weight is 344 g/mol. The third kappa shape index (κ3) is 6.52. The molecule has 2 rings (SSSR count). The first kappa shape index (κ1) is 19.5. The predicted octanol–water partition coefficient (Wildman–Crippen LogP) is 3.36. The zero-order valence-electron chi connectivity index (χ0n) is 15.9. The van der Waals surface area contributed by atoms with E-state index in [0.717, 1.165) is 38.9 Å². The summed E-state index contributed by atoms with van der Waals surface area (Å²) >= 11 is 0. The van der Waals surface area contributed by atoms with E-state index in [1.807, 2.05) is 11.0 Å². The Bertz CT molecular complexity index is 548. The van der Waals surface area contributed by atoms with Crippen LogP contribution in [0.15, 0.2) is 30.3 Å². The number of nitrogens with zero attached hydrogens (tertiary/aromatic N) is 2. The first-order chi connectivity index (χ1) is 12.0. The zero-order valence-corrected chi connectivity index (χ0v) is 15.9. The quantitative estimate of drug-likeness (QED) is 0.761. The van der Waals surface area contributed by atoms with Crippen molar-refractivity contribution >= 4 is 11.8 Å². The Morgan fingerprint density at radius 2 is 1.80 bits per heavy atom. The van der Waals surface area contributed by atoms with Crippen molar-refractivity contribution in [3.05, 3.63) is 35.9 Å². The molecule has 0 radical (unpaired) electrons. The van der Waals surface area contributed by atoms with E-state index in [4.69, 9.17) is 0 Å². The Morgan fingerprint density at radius 3 is 2.36 bits per heavy atom. The van der Waals surface area contributed by atoms with Crippen molar-refractivity contribution in [3.8, 4) is 0 Å². The number of amides is 2. The van der Waals surface area contributed by atoms with Crippen LogP contribution in [-0.4, -0.2) is 47.8 Å². The van der Waals surface area contributed by atoms with Crippen molar-refractivity contribution in [3.63, 3.8) is 0 Å². The minimum atomic E-state index is 0.0584. The highest BCUT2D eigenvalue weighted by molar-refractivity contribution is 5.78. The first-order valence-electron chi connectivity index (χ1n) is 9.53. The largest absolute Gasteiger partial charge is 0.343 e. The van der Waals surface area contributed by atoms with Gasteiger partial charge in [-0.2, -0.15) is 0 Å². The van der Waals surface area contributed by atoms with Gasteiger partial charge in [-0.25, -0.2) is 0 Å². The zero-order chi connectivity index (χ0) is 18.2. The Labute approximate surface area is 152 Å². The maximum Gasteiger partial charge on any atom is 0.224 e. The fourth-order valence-electron chi connectivity index (χ4n) is 3.54. The fraction of sp³-hybridized carbons (Fsp3) is 0.619. The van der Waals surface area contributed by atoms with Crippen LogP contribution in [0.1, 0.15) is 45.6 Å². The van der Waals surface area contributed by atoms with Gasteiger partial charge >= 0.3 is 0 Å². The van der Waals surface area contributed by atoms with E-state index in [-0.39, 0.29) is 11.8 Å². The molecule has 1 aliphatic rings. The van der Waals surface area contributed by atoms with Crippen LogP contribution in [0.25, 0.3) is 0 Å². The number of benzene rings is 1. The SMILES string of the molecule is CC(=O)N(CCC(=O)N1CCC(Cc2ccccc2)CC1)CC(C)C. The third-order valence-corrected chi connectivity index (χ3v) is 4.96. The van der Waals surface area contributed by atoms with Crippen LogP contribution in [0.5, 0.6) is 0 Å². The number of rotatable bonds is 7. The molecule has 1 aliphatic heterocycles. The van der Waals surface area contributed by atoms with E-state index < -0.39 is 0 Å². The summed E-state index contributed by atoms with van der Waals surface area (Å²) in [6.07, 6.45) is 3.69. The van der Waals surface area contributed by atoms with Gasteiger partial charge in [-0.05, 0) is 36.7 Å². The van der Waals surface area contributed by atoms with Gasteiger partial charge < -0.3 is 9.80 Å². The summed E-state index contributed by atoms with van der Waals surface area (Å²) < 4.78 is 0. The second kappa shape index (κ2) is 9.59. The van der Waals surface area contributed by atoms with E-state index in [9.17, 15) is 9.59 Å². The van der Waals surface area contributed by atoms with Crippen LogP contribution >= 0.6 is 0 Å². The molecule has 1 aromatic carbocycles. The smallest absolute Gasteiger partial charge is 0.224 e. The van der Waals surface area contributed by atoms with Gasteiger partial charge in [-0.3, -0.25) is 9.59 Å². The maximum atomic E-state index is 12.5. The lowest BCUT2D eigenvalue weighted by Gasteiger charge is -2.33. The summed E-state index contributed by atoms with van der Waals surface area (Å²) in [7, 11) is 0. The van der Waals surface area contributed by atoms with Crippen LogP contribution in [0.3, 0.4) is 0 Å². The highest BCUT2D eigenvalue weighted by Gasteiger charge is 2.23. The molecule has 2 amide bonds. The van der Waals surface area contributed by atoms with Crippen molar-refractivity contribution in [2.45, 2.75) is 46.5 Å². The summed E-state index contributed by atoms with van der Waals surface area (Å²) in [5, 5.41) is 0. The van der Waals surface area contributed by atoms with Crippen molar-refractivity contribution < 1.29 is 9.59 Å². The van der Waals surface area contributed by atoms with Gasteiger partial charge in [0.25, 0.3) is 0 Å². The lowest BCUT2D eigenvalue weighted by atomic mass is 9.90. The number of hydrogen-bond donors (Lipinski definition) is 0. The number of hydrogen-bond acceptors (Lipinski definition) is 2. The van der Waals surface area contributed by atoms with Gasteiger partial charge in [-0.15, -0.1) is 0 Å². The highest BCUT2D eigenvalue weighted by Crippen LogP contribution is 2.22. The van der Waals surface area contributed by atoms with Crippen LogP contribution in [0.4, 0.5) is 0 Å². The lowest BCUT2D eigenvalue weighted by Crippen LogP contribution is -2.41. The summed E-state index contributed by atoms with van der Waals surface area (Å²) in [6.45, 7) is 8.73. The van der Waals surface area contributed by atoms with Gasteiger partial charge in [0, 0.05) is 39.5 Å². The second-order valence-electron chi connectivity index (χ2n) is 7.62. The molecule has 0 spiro atoms. The fourth-order valence-corrected chi connectivity index (χ4v) is 3.54. The van der Waals surface area contributed by atoms with Crippen molar-refractivity contribution in [2.75, 3.05) is 26.2 Å². The molecular formula is C21H32N2O2. The van der Waals surface area contributed by atoms with Crippen molar-refractivity contribution in [1.29, 1.82) is 0 Å². The molecule has 1 fully saturated rings. The van der Waals surface area contributed by atoms with E-state index in [1.54, 1.807) is 11.8 Å². The summed E-state index contributed by atoms with van der Waals surface area (Å²) in [6, 6.07) is 10.6. The Hall–Kier alpha value is -1.84. The van der Waals surface area contributed by atoms with Crippen LogP contribution in [0, 0.1) is 11.8 Å². The molecule has 0 aliphatic carbocycles. The van der Waals surface area contributed by atoms with Crippen LogP contribution < -0.4 is 0 Å². The molecule has 1 aromatic rings. The second-order valence-corrected chi connectivity index (χ2v) is 7.62. The molecule has 0 N–H and O–H groups in total. The van der Waals surface area contributed by atoms with Crippen LogP contribution in [0.2, 0.25) is 0 Å². The van der Waals surface area contributed by atoms with Gasteiger partial charge in [0.05, 0.1) is 0 Å². The molecule has 0 atom stereocenters. The van der Waals surface area contributed by atoms with Crippen molar-refractivity contribution in [1.82, 2.24) is 9.80 Å². The summed E-state index contributed by atoms with van der Waals surface area (Å²) in [4.78, 5) is 27.9. The van der Waals surface area contributed by atoms with Crippen LogP contribution in [-0.2, 0) is 16.0 Å². The Morgan fingerprint density at radius 1 is 1.16 bits per heavy atom. The van der Waals surface area contributed by atoms with Gasteiger partial charge in [0.15, 0.2) is 0 Å². The van der Waals surface area contributed by atoms with Gasteiger partial charge in [0.2, 0.25) is 11.8 Å². The molecule has 1 saturated heterocycles. The summed E-state index contributed by atoms with van der Waals surface area (Å²) in [5.41, 5.74) is 1.39. The third-order valence-electron chi connectivity index (χ3n) is 4.96. The Balaban J connectivity index is 1.74. The molecule has 0 aromatic heterocycles. The maximum absolute atomic E-state index is 12.5. The lowest BCUT2D eigenvalue weighted by molar-refractivity contribution is -0.134. The standard InChI is InChI=1S/C21H32N2O2/c1-17(2)16-23(18(3)24)14-11-21(25)22-12-9-20(10-13-22)15-19-7-5-4-6-8-19/h4-8,17,20H,9-16H2,1-3H3. The minimum absolute atomic E-state index is 0.0584. The Kier molecular flexibility index (Phi) is 7.48. The highest BCUT2D eigenvalue weighted by atomic mass is 16.2. The number of carbonyl (C=O) groups is 2. The average Bonchev–Trinajstić information content (AvgIpc) is 2.59. The molecule has 4 nitrogen and oxygen atoms in total. The number of carbonyl (C=O) groups excluding carboxylic acids is 2. The number of piperidine rings is 1. The van der Waals surface area contributed by atoms with E-state index in [2.05, 4.69) is 38.1 Å². The molecule has 1 heterocycles. The molecule has 0 unspecified atom stereocenters. The molecular weight excluding hydrogens is 312 g/mol. The minimum Gasteiger partial charge on any atom is -0.343 e.